The zero-order chi connectivity index (χ0) is 12.2. The Morgan fingerprint density at radius 1 is 0.875 bits per heavy atom. The molecular weight excluding hydrogens is 204 g/mol. The molecule has 0 bridgehead atoms. The van der Waals surface area contributed by atoms with Crippen LogP contribution in [0.1, 0.15) is 65.2 Å². The SMILES string of the molecule is CCCCCCN(CCCCCC)[N+](=O)[O-]. The molecule has 0 unspecified atom stereocenters. The topological polar surface area (TPSA) is 46.4 Å². The number of nitrogens with zero attached hydrogens (tertiary/aromatic N) is 2. The molecule has 0 aliphatic heterocycles. The monoisotopic (exact) mass is 230 g/mol. The fourth-order valence-corrected chi connectivity index (χ4v) is 1.72. The summed E-state index contributed by atoms with van der Waals surface area (Å²) in [5.41, 5.74) is 0. The average Bonchev–Trinajstić information content (AvgIpc) is 2.26. The quantitative estimate of drug-likeness (QED) is 0.309. The van der Waals surface area contributed by atoms with Crippen LogP contribution in [0.25, 0.3) is 0 Å². The van der Waals surface area contributed by atoms with E-state index in [2.05, 4.69) is 13.8 Å². The van der Waals surface area contributed by atoms with Gasteiger partial charge in [0, 0.05) is 0 Å². The Labute approximate surface area is 99.1 Å². The van der Waals surface area contributed by atoms with Crippen molar-refractivity contribution in [3.8, 4) is 0 Å². The van der Waals surface area contributed by atoms with Crippen molar-refractivity contribution < 1.29 is 5.03 Å². The zero-order valence-corrected chi connectivity index (χ0v) is 10.8. The fourth-order valence-electron chi connectivity index (χ4n) is 1.72. The normalized spacial score (nSPS) is 10.4. The van der Waals surface area contributed by atoms with Gasteiger partial charge in [-0.25, -0.2) is 10.1 Å². The molecule has 0 heterocycles. The second-order valence-corrected chi connectivity index (χ2v) is 4.31. The lowest BCUT2D eigenvalue weighted by atomic mass is 10.2. The maximum Gasteiger partial charge on any atom is 0.160 e. The van der Waals surface area contributed by atoms with E-state index in [1.54, 1.807) is 0 Å². The van der Waals surface area contributed by atoms with Crippen molar-refractivity contribution in [3.63, 3.8) is 0 Å². The molecular formula is C12H26N2O2. The van der Waals surface area contributed by atoms with Gasteiger partial charge in [-0.1, -0.05) is 52.4 Å². The third-order valence-electron chi connectivity index (χ3n) is 2.77. The average molecular weight is 230 g/mol. The summed E-state index contributed by atoms with van der Waals surface area (Å²) >= 11 is 0. The lowest BCUT2D eigenvalue weighted by Gasteiger charge is -2.13. The number of hydrazine groups is 1. The lowest BCUT2D eigenvalue weighted by Crippen LogP contribution is -2.32. The lowest BCUT2D eigenvalue weighted by molar-refractivity contribution is -0.655. The molecule has 96 valence electrons. The first-order chi connectivity index (χ1) is 7.72. The molecule has 0 aliphatic carbocycles. The van der Waals surface area contributed by atoms with Crippen molar-refractivity contribution in [2.45, 2.75) is 65.2 Å². The van der Waals surface area contributed by atoms with Crippen LogP contribution in [0.3, 0.4) is 0 Å². The van der Waals surface area contributed by atoms with Crippen LogP contribution < -0.4 is 0 Å². The molecule has 0 fully saturated rings. The molecule has 0 radical (unpaired) electrons. The van der Waals surface area contributed by atoms with Crippen LogP contribution >= 0.6 is 0 Å². The Morgan fingerprint density at radius 3 is 1.62 bits per heavy atom. The number of hydrogen-bond acceptors (Lipinski definition) is 2. The van der Waals surface area contributed by atoms with E-state index in [9.17, 15) is 10.1 Å². The summed E-state index contributed by atoms with van der Waals surface area (Å²) in [5.74, 6) is 0. The molecule has 0 amide bonds. The highest BCUT2D eigenvalue weighted by molar-refractivity contribution is 4.49. The minimum Gasteiger partial charge on any atom is -0.235 e. The number of hydrogen-bond donors (Lipinski definition) is 0. The first kappa shape index (κ1) is 15.2. The fraction of sp³-hybridized carbons (Fsp3) is 1.00. The number of unbranched alkanes of at least 4 members (excludes halogenated alkanes) is 6. The van der Waals surface area contributed by atoms with Gasteiger partial charge in [-0.05, 0) is 12.8 Å². The summed E-state index contributed by atoms with van der Waals surface area (Å²) in [6.07, 6.45) is 8.82. The Balaban J connectivity index is 3.59. The Kier molecular flexibility index (Phi) is 10.2. The summed E-state index contributed by atoms with van der Waals surface area (Å²) < 4.78 is 0. The van der Waals surface area contributed by atoms with Gasteiger partial charge in [0.2, 0.25) is 0 Å². The Morgan fingerprint density at radius 2 is 1.31 bits per heavy atom. The molecule has 0 aromatic rings. The van der Waals surface area contributed by atoms with Gasteiger partial charge in [0.1, 0.15) is 0 Å². The standard InChI is InChI=1S/C12H26N2O2/c1-3-5-7-9-11-13(14(15)16)12-10-8-6-4-2/h3-12H2,1-2H3. The second-order valence-electron chi connectivity index (χ2n) is 4.31. The summed E-state index contributed by atoms with van der Waals surface area (Å²) in [6, 6.07) is 0. The van der Waals surface area contributed by atoms with E-state index in [0.29, 0.717) is 13.1 Å². The largest absolute Gasteiger partial charge is 0.235 e. The predicted molar refractivity (Wildman–Crippen MR) is 66.9 cm³/mol. The molecule has 0 aliphatic rings. The van der Waals surface area contributed by atoms with Gasteiger partial charge in [-0.3, -0.25) is 0 Å². The first-order valence-electron chi connectivity index (χ1n) is 6.61. The molecule has 0 N–H and O–H groups in total. The van der Waals surface area contributed by atoms with E-state index >= 15 is 0 Å². The summed E-state index contributed by atoms with van der Waals surface area (Å²) in [6.45, 7) is 5.52. The minimum atomic E-state index is -0.238. The van der Waals surface area contributed by atoms with Crippen molar-refractivity contribution in [2.75, 3.05) is 13.1 Å². The molecule has 0 aromatic carbocycles. The smallest absolute Gasteiger partial charge is 0.160 e. The highest BCUT2D eigenvalue weighted by atomic mass is 16.7. The van der Waals surface area contributed by atoms with Crippen molar-refractivity contribution in [3.05, 3.63) is 10.1 Å². The first-order valence-corrected chi connectivity index (χ1v) is 6.61. The summed E-state index contributed by atoms with van der Waals surface area (Å²) in [5, 5.41) is 11.9. The molecule has 0 saturated carbocycles. The van der Waals surface area contributed by atoms with Crippen molar-refractivity contribution in [2.24, 2.45) is 0 Å². The third-order valence-corrected chi connectivity index (χ3v) is 2.77. The van der Waals surface area contributed by atoms with Gasteiger partial charge in [0.25, 0.3) is 0 Å². The molecule has 16 heavy (non-hydrogen) atoms. The van der Waals surface area contributed by atoms with Crippen LogP contribution in [-0.2, 0) is 0 Å². The van der Waals surface area contributed by atoms with E-state index in [4.69, 9.17) is 0 Å². The van der Waals surface area contributed by atoms with Gasteiger partial charge >= 0.3 is 0 Å². The van der Waals surface area contributed by atoms with Crippen LogP contribution in [0.4, 0.5) is 0 Å². The summed E-state index contributed by atoms with van der Waals surface area (Å²) in [7, 11) is 0. The zero-order valence-electron chi connectivity index (χ0n) is 10.8. The molecule has 4 nitrogen and oxygen atoms in total. The van der Waals surface area contributed by atoms with Crippen LogP contribution in [0.5, 0.6) is 0 Å². The van der Waals surface area contributed by atoms with Gasteiger partial charge in [-0.15, -0.1) is 5.01 Å². The van der Waals surface area contributed by atoms with E-state index in [-0.39, 0.29) is 5.03 Å². The van der Waals surface area contributed by atoms with Crippen LogP contribution in [0.2, 0.25) is 0 Å². The number of rotatable bonds is 11. The van der Waals surface area contributed by atoms with Crippen LogP contribution in [0.15, 0.2) is 0 Å². The Hall–Kier alpha value is -0.800. The predicted octanol–water partition coefficient (Wildman–Crippen LogP) is 3.64. The molecule has 0 spiro atoms. The Bertz CT molecular complexity index is 162. The van der Waals surface area contributed by atoms with E-state index in [1.807, 2.05) is 0 Å². The van der Waals surface area contributed by atoms with Crippen LogP contribution in [0, 0.1) is 10.1 Å². The minimum absolute atomic E-state index is 0.238. The van der Waals surface area contributed by atoms with Gasteiger partial charge in [0.15, 0.2) is 5.03 Å². The summed E-state index contributed by atoms with van der Waals surface area (Å²) in [4.78, 5) is 10.8. The van der Waals surface area contributed by atoms with Gasteiger partial charge in [-0.2, -0.15) is 0 Å². The highest BCUT2D eigenvalue weighted by Crippen LogP contribution is 2.05. The van der Waals surface area contributed by atoms with Crippen molar-refractivity contribution in [1.82, 2.24) is 5.01 Å². The van der Waals surface area contributed by atoms with E-state index in [1.165, 1.54) is 30.7 Å². The molecule has 4 heteroatoms. The van der Waals surface area contributed by atoms with E-state index < -0.39 is 0 Å². The molecule has 0 aromatic heterocycles. The van der Waals surface area contributed by atoms with Crippen molar-refractivity contribution in [1.29, 1.82) is 0 Å². The second kappa shape index (κ2) is 10.7. The van der Waals surface area contributed by atoms with Gasteiger partial charge < -0.3 is 0 Å². The van der Waals surface area contributed by atoms with Crippen LogP contribution in [-0.4, -0.2) is 23.1 Å². The number of nitro groups is 1. The van der Waals surface area contributed by atoms with E-state index in [0.717, 1.165) is 25.7 Å². The van der Waals surface area contributed by atoms with Crippen molar-refractivity contribution >= 4 is 0 Å². The van der Waals surface area contributed by atoms with Gasteiger partial charge in [0.05, 0.1) is 13.1 Å². The molecule has 0 rings (SSSR count). The molecule has 0 saturated heterocycles. The maximum atomic E-state index is 10.8. The highest BCUT2D eigenvalue weighted by Gasteiger charge is 2.12. The maximum absolute atomic E-state index is 10.8. The molecule has 0 atom stereocenters. The third kappa shape index (κ3) is 8.50.